The van der Waals surface area contributed by atoms with Crippen LogP contribution in [0.3, 0.4) is 0 Å². The largest absolute Gasteiger partial charge is 0.351 e. The highest BCUT2D eigenvalue weighted by molar-refractivity contribution is 5.98. The third-order valence-corrected chi connectivity index (χ3v) is 3.14. The van der Waals surface area contributed by atoms with Gasteiger partial charge in [-0.2, -0.15) is 0 Å². The van der Waals surface area contributed by atoms with Crippen molar-refractivity contribution in [2.45, 2.75) is 26.3 Å². The van der Waals surface area contributed by atoms with E-state index in [1.165, 1.54) is 0 Å². The van der Waals surface area contributed by atoms with Gasteiger partial charge in [-0.1, -0.05) is 6.92 Å². The van der Waals surface area contributed by atoms with Crippen LogP contribution < -0.4 is 5.32 Å². The minimum absolute atomic E-state index is 0.00473. The van der Waals surface area contributed by atoms with Crippen molar-refractivity contribution >= 4 is 16.8 Å². The van der Waals surface area contributed by atoms with Crippen LogP contribution in [0.5, 0.6) is 0 Å². The van der Waals surface area contributed by atoms with Crippen molar-refractivity contribution in [1.29, 1.82) is 0 Å². The maximum Gasteiger partial charge on any atom is 0.251 e. The number of amides is 1. The number of benzene rings is 1. The predicted molar refractivity (Wildman–Crippen MR) is 70.1 cm³/mol. The van der Waals surface area contributed by atoms with Gasteiger partial charge in [0.25, 0.3) is 5.91 Å². The molecule has 1 atom stereocenters. The number of fused-ring (bicyclic) bond motifs is 1. The molecular formula is C14H18N2O. The van der Waals surface area contributed by atoms with Crippen LogP contribution in [0, 0.1) is 0 Å². The summed E-state index contributed by atoms with van der Waals surface area (Å²) in [6.07, 6.45) is 2.94. The highest BCUT2D eigenvalue weighted by Gasteiger charge is 2.09. The molecule has 1 aromatic carbocycles. The van der Waals surface area contributed by atoms with E-state index in [1.807, 2.05) is 49.0 Å². The van der Waals surface area contributed by atoms with Gasteiger partial charge in [-0.05, 0) is 37.6 Å². The van der Waals surface area contributed by atoms with Crippen LogP contribution in [0.1, 0.15) is 30.6 Å². The number of carbonyl (C=O) groups is 1. The van der Waals surface area contributed by atoms with Crippen LogP contribution in [0.4, 0.5) is 0 Å². The molecular weight excluding hydrogens is 212 g/mol. The monoisotopic (exact) mass is 230 g/mol. The molecule has 90 valence electrons. The molecule has 1 amide bonds. The predicted octanol–water partition coefficient (Wildman–Crippen LogP) is 2.71. The molecule has 1 N–H and O–H groups in total. The minimum atomic E-state index is 0.00473. The number of carbonyl (C=O) groups excluding carboxylic acids is 1. The number of aromatic nitrogens is 1. The lowest BCUT2D eigenvalue weighted by molar-refractivity contribution is 0.0939. The van der Waals surface area contributed by atoms with E-state index in [0.717, 1.165) is 22.9 Å². The van der Waals surface area contributed by atoms with Crippen LogP contribution in [-0.2, 0) is 7.05 Å². The van der Waals surface area contributed by atoms with E-state index < -0.39 is 0 Å². The molecule has 3 nitrogen and oxygen atoms in total. The molecule has 2 aromatic rings. The van der Waals surface area contributed by atoms with Gasteiger partial charge >= 0.3 is 0 Å². The van der Waals surface area contributed by atoms with Crippen LogP contribution in [-0.4, -0.2) is 16.5 Å². The van der Waals surface area contributed by atoms with Crippen molar-refractivity contribution in [3.05, 3.63) is 36.0 Å². The number of aryl methyl sites for hydroxylation is 1. The van der Waals surface area contributed by atoms with E-state index in [-0.39, 0.29) is 11.9 Å². The second-order valence-electron chi connectivity index (χ2n) is 4.48. The first-order chi connectivity index (χ1) is 8.11. The van der Waals surface area contributed by atoms with Gasteiger partial charge in [0, 0.05) is 35.8 Å². The zero-order chi connectivity index (χ0) is 12.4. The lowest BCUT2D eigenvalue weighted by Crippen LogP contribution is -2.31. The van der Waals surface area contributed by atoms with Crippen LogP contribution in [0.25, 0.3) is 10.9 Å². The van der Waals surface area contributed by atoms with E-state index in [4.69, 9.17) is 0 Å². The highest BCUT2D eigenvalue weighted by Crippen LogP contribution is 2.16. The van der Waals surface area contributed by atoms with Crippen molar-refractivity contribution in [2.75, 3.05) is 0 Å². The molecule has 0 aliphatic carbocycles. The van der Waals surface area contributed by atoms with Gasteiger partial charge < -0.3 is 9.88 Å². The lowest BCUT2D eigenvalue weighted by atomic mass is 10.1. The van der Waals surface area contributed by atoms with E-state index in [9.17, 15) is 4.79 Å². The lowest BCUT2D eigenvalue weighted by Gasteiger charge is -2.11. The topological polar surface area (TPSA) is 34.0 Å². The average molecular weight is 230 g/mol. The number of nitrogens with zero attached hydrogens (tertiary/aromatic N) is 1. The van der Waals surface area contributed by atoms with Crippen LogP contribution in [0.2, 0.25) is 0 Å². The maximum atomic E-state index is 11.9. The van der Waals surface area contributed by atoms with Gasteiger partial charge in [0.1, 0.15) is 0 Å². The van der Waals surface area contributed by atoms with Crippen molar-refractivity contribution in [3.63, 3.8) is 0 Å². The molecule has 0 bridgehead atoms. The number of nitrogens with one attached hydrogen (secondary N) is 1. The van der Waals surface area contributed by atoms with Crippen LogP contribution >= 0.6 is 0 Å². The Hall–Kier alpha value is -1.77. The summed E-state index contributed by atoms with van der Waals surface area (Å²) >= 11 is 0. The zero-order valence-corrected chi connectivity index (χ0v) is 10.5. The van der Waals surface area contributed by atoms with Gasteiger partial charge in [-0.3, -0.25) is 4.79 Å². The molecule has 0 unspecified atom stereocenters. The number of rotatable bonds is 3. The maximum absolute atomic E-state index is 11.9. The standard InChI is InChI=1S/C14H18N2O/c1-4-10(2)15-14(17)12-5-6-13-11(9-12)7-8-16(13)3/h5-10H,4H2,1-3H3,(H,15,17)/t10-/m1/s1. The molecule has 17 heavy (non-hydrogen) atoms. The normalized spacial score (nSPS) is 12.6. The van der Waals surface area contributed by atoms with Crippen molar-refractivity contribution in [3.8, 4) is 0 Å². The van der Waals surface area contributed by atoms with Crippen molar-refractivity contribution < 1.29 is 4.79 Å². The third-order valence-electron chi connectivity index (χ3n) is 3.14. The summed E-state index contributed by atoms with van der Waals surface area (Å²) in [5.41, 5.74) is 1.87. The molecule has 0 saturated heterocycles. The summed E-state index contributed by atoms with van der Waals surface area (Å²) in [7, 11) is 2.00. The summed E-state index contributed by atoms with van der Waals surface area (Å²) in [5, 5.41) is 4.07. The molecule has 0 aliphatic rings. The summed E-state index contributed by atoms with van der Waals surface area (Å²) in [4.78, 5) is 11.9. The Balaban J connectivity index is 2.27. The molecule has 0 spiro atoms. The number of hydrogen-bond donors (Lipinski definition) is 1. The Kier molecular flexibility index (Phi) is 3.18. The van der Waals surface area contributed by atoms with Crippen molar-refractivity contribution in [2.24, 2.45) is 7.05 Å². The van der Waals surface area contributed by atoms with Gasteiger partial charge in [0.2, 0.25) is 0 Å². The molecule has 0 radical (unpaired) electrons. The van der Waals surface area contributed by atoms with Gasteiger partial charge in [0.05, 0.1) is 0 Å². The summed E-state index contributed by atoms with van der Waals surface area (Å²) in [6, 6.07) is 8.04. The fraction of sp³-hybridized carbons (Fsp3) is 0.357. The Morgan fingerprint density at radius 1 is 1.41 bits per heavy atom. The Bertz CT molecular complexity index is 542. The first-order valence-electron chi connectivity index (χ1n) is 5.97. The third kappa shape index (κ3) is 2.33. The second-order valence-corrected chi connectivity index (χ2v) is 4.48. The fourth-order valence-electron chi connectivity index (χ4n) is 1.83. The molecule has 0 aliphatic heterocycles. The van der Waals surface area contributed by atoms with E-state index >= 15 is 0 Å². The molecule has 0 fully saturated rings. The molecule has 2 rings (SSSR count). The highest BCUT2D eigenvalue weighted by atomic mass is 16.1. The minimum Gasteiger partial charge on any atom is -0.351 e. The zero-order valence-electron chi connectivity index (χ0n) is 10.5. The molecule has 0 saturated carbocycles. The van der Waals surface area contributed by atoms with E-state index in [1.54, 1.807) is 0 Å². The number of hydrogen-bond acceptors (Lipinski definition) is 1. The Labute approximate surface area is 101 Å². The van der Waals surface area contributed by atoms with Gasteiger partial charge in [-0.25, -0.2) is 0 Å². The van der Waals surface area contributed by atoms with E-state index in [0.29, 0.717) is 0 Å². The first kappa shape index (κ1) is 11.7. The smallest absolute Gasteiger partial charge is 0.251 e. The molecule has 1 aromatic heterocycles. The van der Waals surface area contributed by atoms with Gasteiger partial charge in [0.15, 0.2) is 0 Å². The molecule has 3 heteroatoms. The quantitative estimate of drug-likeness (QED) is 0.864. The fourth-order valence-corrected chi connectivity index (χ4v) is 1.83. The Morgan fingerprint density at radius 2 is 2.18 bits per heavy atom. The molecule has 1 heterocycles. The Morgan fingerprint density at radius 3 is 2.88 bits per heavy atom. The average Bonchev–Trinajstić information content (AvgIpc) is 2.70. The first-order valence-corrected chi connectivity index (χ1v) is 5.97. The SMILES string of the molecule is CC[C@@H](C)NC(=O)c1ccc2c(ccn2C)c1. The van der Waals surface area contributed by atoms with Crippen LogP contribution in [0.15, 0.2) is 30.5 Å². The summed E-state index contributed by atoms with van der Waals surface area (Å²) < 4.78 is 2.05. The van der Waals surface area contributed by atoms with Crippen molar-refractivity contribution in [1.82, 2.24) is 9.88 Å². The summed E-state index contributed by atoms with van der Waals surface area (Å²) in [6.45, 7) is 4.07. The van der Waals surface area contributed by atoms with E-state index in [2.05, 4.69) is 12.2 Å². The summed E-state index contributed by atoms with van der Waals surface area (Å²) in [5.74, 6) is 0.00473. The second kappa shape index (κ2) is 4.62. The van der Waals surface area contributed by atoms with Gasteiger partial charge in [-0.15, -0.1) is 0 Å².